The first kappa shape index (κ1) is 28.2. The molecule has 0 unspecified atom stereocenters. The summed E-state index contributed by atoms with van der Waals surface area (Å²) in [5, 5.41) is 3.51. The van der Waals surface area contributed by atoms with Gasteiger partial charge >= 0.3 is 6.03 Å². The minimum absolute atomic E-state index is 0.0741. The molecule has 3 aromatic rings. The van der Waals surface area contributed by atoms with E-state index < -0.39 is 15.9 Å². The highest BCUT2D eigenvalue weighted by Crippen LogP contribution is 2.28. The number of amides is 3. The zero-order valence-corrected chi connectivity index (χ0v) is 24.5. The molecule has 1 aliphatic rings. The van der Waals surface area contributed by atoms with Gasteiger partial charge in [-0.1, -0.05) is 35.3 Å². The van der Waals surface area contributed by atoms with E-state index >= 15 is 0 Å². The quantitative estimate of drug-likeness (QED) is 0.349. The van der Waals surface area contributed by atoms with Gasteiger partial charge in [0.15, 0.2) is 0 Å². The lowest BCUT2D eigenvalue weighted by atomic mass is 10.2. The van der Waals surface area contributed by atoms with E-state index in [0.29, 0.717) is 34.0 Å². The summed E-state index contributed by atoms with van der Waals surface area (Å²) in [7, 11) is -3.99. The number of carbonyl (C=O) groups is 2. The number of anilines is 2. The van der Waals surface area contributed by atoms with Crippen molar-refractivity contribution in [3.63, 3.8) is 0 Å². The van der Waals surface area contributed by atoms with Gasteiger partial charge in [-0.05, 0) is 83.4 Å². The van der Waals surface area contributed by atoms with Crippen molar-refractivity contribution in [2.45, 2.75) is 18.7 Å². The summed E-state index contributed by atoms with van der Waals surface area (Å²) in [5.41, 5.74) is 2.83. The second kappa shape index (κ2) is 11.5. The lowest BCUT2D eigenvalue weighted by Crippen LogP contribution is -2.51. The number of halogens is 3. The van der Waals surface area contributed by atoms with E-state index in [2.05, 4.69) is 26.0 Å². The molecule has 3 aromatic carbocycles. The predicted molar refractivity (Wildman–Crippen MR) is 154 cm³/mol. The van der Waals surface area contributed by atoms with Gasteiger partial charge < -0.3 is 15.1 Å². The number of aryl methyl sites for hydroxylation is 2. The van der Waals surface area contributed by atoms with Crippen LogP contribution < -0.4 is 10.0 Å². The zero-order valence-electron chi connectivity index (χ0n) is 20.6. The molecule has 4 rings (SSSR count). The van der Waals surface area contributed by atoms with Crippen LogP contribution in [0.15, 0.2) is 64.0 Å². The summed E-state index contributed by atoms with van der Waals surface area (Å²) >= 11 is 15.8. The first-order chi connectivity index (χ1) is 17.9. The van der Waals surface area contributed by atoms with Crippen LogP contribution in [-0.2, 0) is 10.0 Å². The molecular weight excluding hydrogens is 615 g/mol. The van der Waals surface area contributed by atoms with Gasteiger partial charge in [0.25, 0.3) is 15.9 Å². The van der Waals surface area contributed by atoms with Crippen LogP contribution in [0.5, 0.6) is 0 Å². The number of nitrogens with one attached hydrogen (secondary N) is 2. The third-order valence-corrected chi connectivity index (χ3v) is 8.91. The third-order valence-electron chi connectivity index (χ3n) is 6.12. The Labute approximate surface area is 240 Å². The number of benzene rings is 3. The Morgan fingerprint density at radius 1 is 0.868 bits per heavy atom. The predicted octanol–water partition coefficient (Wildman–Crippen LogP) is 6.16. The van der Waals surface area contributed by atoms with E-state index in [0.717, 1.165) is 11.1 Å². The lowest BCUT2D eigenvalue weighted by Gasteiger charge is -2.35. The summed E-state index contributed by atoms with van der Waals surface area (Å²) in [6.07, 6.45) is 0. The van der Waals surface area contributed by atoms with Crippen LogP contribution in [0.2, 0.25) is 10.0 Å². The molecule has 3 amide bonds. The highest BCUT2D eigenvalue weighted by Gasteiger charge is 2.27. The summed E-state index contributed by atoms with van der Waals surface area (Å²) in [6.45, 7) is 4.86. The molecule has 0 aliphatic carbocycles. The minimum Gasteiger partial charge on any atom is -0.335 e. The Morgan fingerprint density at radius 2 is 1.55 bits per heavy atom. The van der Waals surface area contributed by atoms with Crippen LogP contribution in [0.1, 0.15) is 21.5 Å². The maximum Gasteiger partial charge on any atom is 0.321 e. The maximum atomic E-state index is 13.3. The fourth-order valence-electron chi connectivity index (χ4n) is 3.91. The molecule has 0 aromatic heterocycles. The first-order valence-electron chi connectivity index (χ1n) is 11.6. The number of hydrogen-bond donors (Lipinski definition) is 2. The van der Waals surface area contributed by atoms with E-state index in [1.807, 2.05) is 26.0 Å². The third kappa shape index (κ3) is 6.43. The molecule has 1 saturated heterocycles. The highest BCUT2D eigenvalue weighted by molar-refractivity contribution is 9.10. The van der Waals surface area contributed by atoms with Crippen molar-refractivity contribution in [3.8, 4) is 0 Å². The number of sulfonamides is 1. The number of piperazine rings is 1. The smallest absolute Gasteiger partial charge is 0.321 e. The van der Waals surface area contributed by atoms with Crippen LogP contribution >= 0.6 is 39.1 Å². The molecule has 38 heavy (non-hydrogen) atoms. The largest absolute Gasteiger partial charge is 0.335 e. The first-order valence-corrected chi connectivity index (χ1v) is 14.7. The Kier molecular flexibility index (Phi) is 8.56. The molecule has 0 radical (unpaired) electrons. The van der Waals surface area contributed by atoms with Gasteiger partial charge in [-0.3, -0.25) is 9.52 Å². The van der Waals surface area contributed by atoms with Gasteiger partial charge in [0, 0.05) is 41.4 Å². The van der Waals surface area contributed by atoms with E-state index in [9.17, 15) is 18.0 Å². The van der Waals surface area contributed by atoms with Crippen molar-refractivity contribution >= 4 is 72.5 Å². The van der Waals surface area contributed by atoms with Crippen molar-refractivity contribution in [3.05, 3.63) is 85.8 Å². The summed E-state index contributed by atoms with van der Waals surface area (Å²) in [6, 6.07) is 14.3. The van der Waals surface area contributed by atoms with Gasteiger partial charge in [-0.15, -0.1) is 0 Å². The average molecular weight is 640 g/mol. The summed E-state index contributed by atoms with van der Waals surface area (Å²) in [5.74, 6) is -0.408. The Bertz CT molecular complexity index is 1510. The molecule has 200 valence electrons. The van der Waals surface area contributed by atoms with E-state index in [1.54, 1.807) is 34.1 Å². The number of urea groups is 1. The van der Waals surface area contributed by atoms with Crippen molar-refractivity contribution < 1.29 is 18.0 Å². The summed E-state index contributed by atoms with van der Waals surface area (Å²) < 4.78 is 29.3. The van der Waals surface area contributed by atoms with Gasteiger partial charge in [-0.25, -0.2) is 13.2 Å². The molecule has 1 fully saturated rings. The minimum atomic E-state index is -3.99. The lowest BCUT2D eigenvalue weighted by molar-refractivity contribution is 0.0671. The number of nitrogens with zero attached hydrogens (tertiary/aromatic N) is 2. The van der Waals surface area contributed by atoms with E-state index in [4.69, 9.17) is 23.2 Å². The molecule has 12 heteroatoms. The second-order valence-corrected chi connectivity index (χ2v) is 12.3. The Balaban J connectivity index is 1.43. The number of rotatable bonds is 5. The molecule has 0 saturated carbocycles. The fraction of sp³-hybridized carbons (Fsp3) is 0.231. The normalized spacial score (nSPS) is 13.8. The molecule has 0 spiro atoms. The Morgan fingerprint density at radius 3 is 2.24 bits per heavy atom. The monoisotopic (exact) mass is 638 g/mol. The van der Waals surface area contributed by atoms with Crippen LogP contribution in [0.25, 0.3) is 0 Å². The topological polar surface area (TPSA) is 98.8 Å². The van der Waals surface area contributed by atoms with Crippen molar-refractivity contribution in [1.82, 2.24) is 9.80 Å². The van der Waals surface area contributed by atoms with Gasteiger partial charge in [0.05, 0.1) is 21.2 Å². The van der Waals surface area contributed by atoms with Crippen molar-refractivity contribution in [1.29, 1.82) is 0 Å². The standard InChI is InChI=1S/C26H25BrCl2N4O4S/c1-16-3-7-21(27)24(13-16)31-38(36,37)19-6-8-22(28)20(15-19)25(34)32-9-11-33(12-10-32)26(35)30-18-5-4-17(2)23(29)14-18/h3-8,13-15,31H,9-12H2,1-2H3,(H,30,35). The van der Waals surface area contributed by atoms with E-state index in [1.165, 1.54) is 18.2 Å². The highest BCUT2D eigenvalue weighted by atomic mass is 79.9. The van der Waals surface area contributed by atoms with Gasteiger partial charge in [0.2, 0.25) is 0 Å². The number of carbonyl (C=O) groups excluding carboxylic acids is 2. The second-order valence-electron chi connectivity index (χ2n) is 8.90. The molecule has 0 atom stereocenters. The molecule has 8 nitrogen and oxygen atoms in total. The number of hydrogen-bond acceptors (Lipinski definition) is 4. The maximum absolute atomic E-state index is 13.3. The van der Waals surface area contributed by atoms with E-state index in [-0.39, 0.29) is 34.6 Å². The molecule has 1 aliphatic heterocycles. The zero-order chi connectivity index (χ0) is 27.6. The molecule has 1 heterocycles. The molecular formula is C26H25BrCl2N4O4S. The molecule has 0 bridgehead atoms. The summed E-state index contributed by atoms with van der Waals surface area (Å²) in [4.78, 5) is 29.0. The van der Waals surface area contributed by atoms with Gasteiger partial charge in [-0.2, -0.15) is 0 Å². The SMILES string of the molecule is Cc1ccc(Br)c(NS(=O)(=O)c2ccc(Cl)c(C(=O)N3CCN(C(=O)Nc4ccc(C)c(Cl)c4)CC3)c2)c1. The van der Waals surface area contributed by atoms with Crippen LogP contribution in [0.4, 0.5) is 16.2 Å². The fourth-order valence-corrected chi connectivity index (χ4v) is 5.86. The van der Waals surface area contributed by atoms with Crippen LogP contribution in [-0.4, -0.2) is 56.3 Å². The average Bonchev–Trinajstić information content (AvgIpc) is 2.88. The van der Waals surface area contributed by atoms with Crippen LogP contribution in [0.3, 0.4) is 0 Å². The van der Waals surface area contributed by atoms with Gasteiger partial charge in [0.1, 0.15) is 0 Å². The van der Waals surface area contributed by atoms with Crippen molar-refractivity contribution in [2.24, 2.45) is 0 Å². The Hall–Kier alpha value is -2.79. The van der Waals surface area contributed by atoms with Crippen molar-refractivity contribution in [2.75, 3.05) is 36.2 Å². The van der Waals surface area contributed by atoms with Crippen LogP contribution in [0, 0.1) is 13.8 Å². The molecule has 2 N–H and O–H groups in total.